The van der Waals surface area contributed by atoms with Crippen molar-refractivity contribution in [2.24, 2.45) is 0 Å². The summed E-state index contributed by atoms with van der Waals surface area (Å²) in [5, 5.41) is 7.98. The summed E-state index contributed by atoms with van der Waals surface area (Å²) in [5.74, 6) is -0.920. The number of carboxylic acid groups (broad SMARTS) is 1. The molecule has 5 rings (SSSR count). The van der Waals surface area contributed by atoms with E-state index in [0.29, 0.717) is 34.0 Å². The van der Waals surface area contributed by atoms with Crippen LogP contribution in [-0.2, 0) is 4.79 Å². The number of hydrogen-bond acceptors (Lipinski definition) is 5. The molecule has 3 heterocycles. The number of halogens is 5. The van der Waals surface area contributed by atoms with Gasteiger partial charge in [0.1, 0.15) is 6.61 Å². The number of imidazole rings is 1. The van der Waals surface area contributed by atoms with Gasteiger partial charge in [0, 0.05) is 24.5 Å². The molecule has 2 aromatic heterocycles. The molecule has 176 valence electrons. The van der Waals surface area contributed by atoms with Gasteiger partial charge < -0.3 is 19.6 Å². The van der Waals surface area contributed by atoms with Crippen LogP contribution in [0.3, 0.4) is 0 Å². The Bertz CT molecular complexity index is 1350. The number of hydrogen-bond donors (Lipinski definition) is 2. The van der Waals surface area contributed by atoms with Crippen LogP contribution in [0.2, 0.25) is 10.0 Å². The van der Waals surface area contributed by atoms with E-state index in [4.69, 9.17) is 42.6 Å². The van der Waals surface area contributed by atoms with E-state index >= 15 is 0 Å². The Morgan fingerprint density at radius 1 is 1.03 bits per heavy atom. The number of pyridine rings is 1. The van der Waals surface area contributed by atoms with Crippen LogP contribution in [0.25, 0.3) is 22.2 Å². The van der Waals surface area contributed by atoms with Gasteiger partial charge in [-0.15, -0.1) is 0 Å². The number of rotatable bonds is 2. The van der Waals surface area contributed by atoms with Crippen molar-refractivity contribution >= 4 is 40.2 Å². The van der Waals surface area contributed by atoms with E-state index in [1.165, 1.54) is 0 Å². The van der Waals surface area contributed by atoms with Crippen molar-refractivity contribution < 1.29 is 32.5 Å². The van der Waals surface area contributed by atoms with Crippen molar-refractivity contribution in [2.75, 3.05) is 6.61 Å². The van der Waals surface area contributed by atoms with Gasteiger partial charge in [-0.25, -0.2) is 9.78 Å². The van der Waals surface area contributed by atoms with Gasteiger partial charge in [-0.3, -0.25) is 4.98 Å². The van der Waals surface area contributed by atoms with E-state index in [2.05, 4.69) is 21.0 Å². The van der Waals surface area contributed by atoms with Gasteiger partial charge in [-0.2, -0.15) is 13.2 Å². The van der Waals surface area contributed by atoms with Crippen LogP contribution < -0.4 is 9.47 Å². The Morgan fingerprint density at radius 2 is 1.68 bits per heavy atom. The van der Waals surface area contributed by atoms with Crippen LogP contribution in [0, 0.1) is 0 Å². The highest BCUT2D eigenvalue weighted by atomic mass is 35.5. The average Bonchev–Trinajstić information content (AvgIpc) is 3.23. The number of aliphatic carboxylic acids is 1. The molecule has 4 aromatic rings. The second-order valence-electron chi connectivity index (χ2n) is 7.02. The summed E-state index contributed by atoms with van der Waals surface area (Å²) in [6, 6.07) is 13.4. The topological polar surface area (TPSA) is 97.3 Å². The van der Waals surface area contributed by atoms with Crippen molar-refractivity contribution in [3.63, 3.8) is 0 Å². The summed E-state index contributed by atoms with van der Waals surface area (Å²) in [5.41, 5.74) is 3.99. The van der Waals surface area contributed by atoms with Crippen molar-refractivity contribution in [3.05, 3.63) is 70.7 Å². The first-order valence-corrected chi connectivity index (χ1v) is 10.4. The number of fused-ring (bicyclic) bond motifs is 2. The van der Waals surface area contributed by atoms with Crippen LogP contribution in [-0.4, -0.2) is 38.8 Å². The van der Waals surface area contributed by atoms with Crippen LogP contribution >= 0.6 is 23.2 Å². The largest absolute Gasteiger partial charge is 0.490 e. The molecule has 1 aliphatic rings. The molecule has 0 amide bonds. The molecule has 2 N–H and O–H groups in total. The molecular formula is C22H14Cl2F3N3O4. The first-order valence-electron chi connectivity index (χ1n) is 9.60. The Balaban J connectivity index is 0.000000344. The third-order valence-corrected chi connectivity index (χ3v) is 5.43. The summed E-state index contributed by atoms with van der Waals surface area (Å²) in [4.78, 5) is 20.9. The highest BCUT2D eigenvalue weighted by Gasteiger charge is 2.38. The monoisotopic (exact) mass is 511 g/mol. The maximum Gasteiger partial charge on any atom is 0.490 e. The molecular weight excluding hydrogens is 498 g/mol. The fraction of sp³-hybridized carbons (Fsp3) is 0.136. The normalized spacial score (nSPS) is 14.9. The maximum atomic E-state index is 10.6. The fourth-order valence-electron chi connectivity index (χ4n) is 3.11. The second-order valence-corrected chi connectivity index (χ2v) is 7.84. The van der Waals surface area contributed by atoms with Gasteiger partial charge in [-0.1, -0.05) is 29.3 Å². The van der Waals surface area contributed by atoms with Crippen molar-refractivity contribution in [2.45, 2.75) is 12.3 Å². The summed E-state index contributed by atoms with van der Waals surface area (Å²) < 4.78 is 43.5. The molecule has 12 heteroatoms. The Morgan fingerprint density at radius 3 is 2.32 bits per heavy atom. The molecule has 0 aliphatic carbocycles. The lowest BCUT2D eigenvalue weighted by Crippen LogP contribution is -2.22. The number of nitrogens with zero attached hydrogens (tertiary/aromatic N) is 2. The molecule has 0 fully saturated rings. The Hall–Kier alpha value is -3.50. The zero-order valence-corrected chi connectivity index (χ0v) is 18.4. The molecule has 0 radical (unpaired) electrons. The maximum absolute atomic E-state index is 10.6. The molecule has 0 saturated heterocycles. The lowest BCUT2D eigenvalue weighted by atomic mass is 10.1. The lowest BCUT2D eigenvalue weighted by Gasteiger charge is -2.25. The average molecular weight is 512 g/mol. The molecule has 7 nitrogen and oxygen atoms in total. The zero-order chi connectivity index (χ0) is 24.5. The summed E-state index contributed by atoms with van der Waals surface area (Å²) in [7, 11) is 0. The van der Waals surface area contributed by atoms with Gasteiger partial charge in [0.2, 0.25) is 0 Å². The molecule has 0 saturated carbocycles. The number of aromatic nitrogens is 3. The Kier molecular flexibility index (Phi) is 6.54. The molecule has 0 spiro atoms. The number of ether oxygens (including phenoxy) is 2. The summed E-state index contributed by atoms with van der Waals surface area (Å²) in [6.45, 7) is 0.335. The predicted molar refractivity (Wildman–Crippen MR) is 118 cm³/mol. The van der Waals surface area contributed by atoms with Gasteiger partial charge in [0.25, 0.3) is 0 Å². The third kappa shape index (κ3) is 5.18. The minimum absolute atomic E-state index is 0.335. The van der Waals surface area contributed by atoms with E-state index in [0.717, 1.165) is 22.2 Å². The summed E-state index contributed by atoms with van der Waals surface area (Å²) >= 11 is 12.1. The number of benzene rings is 2. The van der Waals surface area contributed by atoms with Crippen LogP contribution in [0.4, 0.5) is 13.2 Å². The number of H-pyrrole nitrogens is 1. The molecule has 0 bridgehead atoms. The smallest absolute Gasteiger partial charge is 0.485 e. The van der Waals surface area contributed by atoms with E-state index in [-0.39, 0.29) is 6.10 Å². The van der Waals surface area contributed by atoms with Gasteiger partial charge >= 0.3 is 12.1 Å². The minimum Gasteiger partial charge on any atom is -0.485 e. The van der Waals surface area contributed by atoms with Crippen LogP contribution in [0.1, 0.15) is 11.9 Å². The van der Waals surface area contributed by atoms with Crippen LogP contribution in [0.5, 0.6) is 11.5 Å². The zero-order valence-electron chi connectivity index (χ0n) is 16.9. The van der Waals surface area contributed by atoms with Crippen LogP contribution in [0.15, 0.2) is 54.9 Å². The van der Waals surface area contributed by atoms with E-state index in [1.807, 2.05) is 24.3 Å². The highest BCUT2D eigenvalue weighted by Crippen LogP contribution is 2.41. The molecule has 2 aromatic carbocycles. The quantitative estimate of drug-likeness (QED) is 0.338. The number of alkyl halides is 3. The number of carboxylic acids is 1. The van der Waals surface area contributed by atoms with Crippen molar-refractivity contribution in [3.8, 4) is 22.6 Å². The van der Waals surface area contributed by atoms with Gasteiger partial charge in [0.15, 0.2) is 23.4 Å². The van der Waals surface area contributed by atoms with Gasteiger partial charge in [0.05, 0.1) is 21.1 Å². The lowest BCUT2D eigenvalue weighted by molar-refractivity contribution is -0.192. The first kappa shape index (κ1) is 23.7. The standard InChI is InChI=1S/C20H13Cl2N3O2.C2HF3O2/c21-13-8-17-18(9-14(13)22)27-19(10-26-17)20-24-15-2-1-12(7-16(15)25-20)11-3-5-23-6-4-11;3-2(4,5)1(6)7/h1-9,19H,10H2,(H,24,25);(H,6,7). The number of aromatic amines is 1. The van der Waals surface area contributed by atoms with E-state index in [9.17, 15) is 13.2 Å². The van der Waals surface area contributed by atoms with Gasteiger partial charge in [-0.05, 0) is 35.4 Å². The number of nitrogens with one attached hydrogen (secondary N) is 1. The van der Waals surface area contributed by atoms with Crippen molar-refractivity contribution in [1.29, 1.82) is 0 Å². The molecule has 1 aliphatic heterocycles. The highest BCUT2D eigenvalue weighted by molar-refractivity contribution is 6.42. The number of carbonyl (C=O) groups is 1. The fourth-order valence-corrected chi connectivity index (χ4v) is 3.42. The molecule has 34 heavy (non-hydrogen) atoms. The first-order chi connectivity index (χ1) is 16.1. The minimum atomic E-state index is -5.08. The van der Waals surface area contributed by atoms with E-state index in [1.54, 1.807) is 24.5 Å². The van der Waals surface area contributed by atoms with Crippen molar-refractivity contribution in [1.82, 2.24) is 15.0 Å². The SMILES string of the molecule is Clc1cc2c(cc1Cl)OC(c1nc3ccc(-c4ccncc4)cc3[nH]1)CO2.O=C(O)C(F)(F)F. The molecule has 1 atom stereocenters. The predicted octanol–water partition coefficient (Wildman–Crippen LogP) is 6.08. The Labute approximate surface area is 200 Å². The molecule has 1 unspecified atom stereocenters. The summed E-state index contributed by atoms with van der Waals surface area (Å²) in [6.07, 6.45) is -1.88. The third-order valence-electron chi connectivity index (χ3n) is 4.71. The van der Waals surface area contributed by atoms with E-state index < -0.39 is 12.1 Å². The second kappa shape index (κ2) is 9.40.